The lowest BCUT2D eigenvalue weighted by Gasteiger charge is -1.95. The average molecular weight is 169 g/mol. The number of aromatic carboxylic acids is 1. The van der Waals surface area contributed by atoms with Crippen molar-refractivity contribution in [3.05, 3.63) is 23.0 Å². The third kappa shape index (κ3) is 1.05. The maximum Gasteiger partial charge on any atom is 0.356 e. The van der Waals surface area contributed by atoms with Crippen LogP contribution in [-0.2, 0) is 0 Å². The van der Waals surface area contributed by atoms with Gasteiger partial charge in [0.15, 0.2) is 12.0 Å². The van der Waals surface area contributed by atoms with E-state index in [2.05, 4.69) is 0 Å². The quantitative estimate of drug-likeness (QED) is 0.500. The fourth-order valence-corrected chi connectivity index (χ4v) is 0.979. The predicted molar refractivity (Wildman–Crippen MR) is 38.7 cm³/mol. The van der Waals surface area contributed by atoms with Gasteiger partial charge in [0.25, 0.3) is 0 Å². The van der Waals surface area contributed by atoms with E-state index in [-0.39, 0.29) is 16.8 Å². The van der Waals surface area contributed by atoms with E-state index in [4.69, 9.17) is 10.3 Å². The van der Waals surface area contributed by atoms with Gasteiger partial charge in [0.05, 0.1) is 6.20 Å². The zero-order valence-corrected chi connectivity index (χ0v) is 6.31. The molecule has 0 saturated carbocycles. The topological polar surface area (TPSA) is 79.5 Å². The molecule has 1 heterocycles. The highest BCUT2D eigenvalue weighted by Gasteiger charge is 2.17. The monoisotopic (exact) mass is 169 g/mol. The van der Waals surface area contributed by atoms with Crippen LogP contribution in [0, 0.1) is 6.92 Å². The molecule has 1 aromatic heterocycles. The van der Waals surface area contributed by atoms with E-state index >= 15 is 0 Å². The Bertz CT molecular complexity index is 339. The van der Waals surface area contributed by atoms with Crippen LogP contribution in [0.2, 0.25) is 0 Å². The molecule has 12 heavy (non-hydrogen) atoms. The first-order valence-corrected chi connectivity index (χ1v) is 3.17. The number of aldehydes is 1. The Morgan fingerprint density at radius 2 is 2.25 bits per heavy atom. The number of carbonyl (C=O) groups is 2. The maximum absolute atomic E-state index is 10.5. The molecule has 0 amide bonds. The molecular formula is C7H7NO4. The summed E-state index contributed by atoms with van der Waals surface area (Å²) >= 11 is 0. The van der Waals surface area contributed by atoms with Gasteiger partial charge in [-0.05, 0) is 12.5 Å². The fourth-order valence-electron chi connectivity index (χ4n) is 0.979. The van der Waals surface area contributed by atoms with Gasteiger partial charge in [-0.3, -0.25) is 4.79 Å². The molecule has 0 bridgehead atoms. The highest BCUT2D eigenvalue weighted by molar-refractivity contribution is 5.91. The molecule has 5 heteroatoms. The van der Waals surface area contributed by atoms with E-state index in [1.54, 1.807) is 0 Å². The number of hydrogen-bond donors (Lipinski definition) is 2. The molecule has 0 unspecified atom stereocenters. The molecule has 64 valence electrons. The summed E-state index contributed by atoms with van der Waals surface area (Å²) in [5.41, 5.74) is 0.159. The van der Waals surface area contributed by atoms with Gasteiger partial charge < -0.3 is 10.3 Å². The van der Waals surface area contributed by atoms with Gasteiger partial charge in [-0.15, -0.1) is 0 Å². The van der Waals surface area contributed by atoms with Crippen LogP contribution in [-0.4, -0.2) is 27.3 Å². The van der Waals surface area contributed by atoms with Crippen LogP contribution >= 0.6 is 0 Å². The van der Waals surface area contributed by atoms with Gasteiger partial charge in [0.1, 0.15) is 0 Å². The van der Waals surface area contributed by atoms with Crippen LogP contribution in [0.15, 0.2) is 6.20 Å². The zero-order chi connectivity index (χ0) is 9.30. The smallest absolute Gasteiger partial charge is 0.356 e. The van der Waals surface area contributed by atoms with Gasteiger partial charge in [-0.25, -0.2) is 4.79 Å². The minimum absolute atomic E-state index is 0.176. The van der Waals surface area contributed by atoms with Crippen molar-refractivity contribution in [2.75, 3.05) is 0 Å². The average Bonchev–Trinajstić information content (AvgIpc) is 2.25. The molecule has 1 rings (SSSR count). The first-order valence-electron chi connectivity index (χ1n) is 3.17. The van der Waals surface area contributed by atoms with E-state index in [1.807, 2.05) is 0 Å². The first-order chi connectivity index (χ1) is 5.57. The summed E-state index contributed by atoms with van der Waals surface area (Å²) in [4.78, 5) is 20.8. The van der Waals surface area contributed by atoms with Gasteiger partial charge >= 0.3 is 5.97 Å². The normalized spacial score (nSPS) is 9.75. The molecule has 0 radical (unpaired) electrons. The Labute approximate surface area is 67.8 Å². The summed E-state index contributed by atoms with van der Waals surface area (Å²) in [6, 6.07) is 0. The van der Waals surface area contributed by atoms with E-state index in [9.17, 15) is 9.59 Å². The lowest BCUT2D eigenvalue weighted by molar-refractivity contribution is 0.0643. The summed E-state index contributed by atoms with van der Waals surface area (Å²) in [7, 11) is 0. The zero-order valence-electron chi connectivity index (χ0n) is 6.31. The molecular weight excluding hydrogens is 162 g/mol. The lowest BCUT2D eigenvalue weighted by atomic mass is 10.2. The summed E-state index contributed by atoms with van der Waals surface area (Å²) in [6.07, 6.45) is 1.56. The second-order valence-corrected chi connectivity index (χ2v) is 2.33. The van der Waals surface area contributed by atoms with Crippen molar-refractivity contribution >= 4 is 12.3 Å². The molecule has 0 spiro atoms. The van der Waals surface area contributed by atoms with Crippen molar-refractivity contribution in [3.63, 3.8) is 0 Å². The van der Waals surface area contributed by atoms with Crippen LogP contribution in [0.3, 0.4) is 0 Å². The molecule has 0 aliphatic rings. The van der Waals surface area contributed by atoms with Crippen LogP contribution in [0.1, 0.15) is 26.4 Å². The number of nitrogens with zero attached hydrogens (tertiary/aromatic N) is 1. The standard InChI is InChI=1S/C7H7NO4/c1-4-5(3-9)2-8(12)6(4)7(10)11/h2-3,12H,1H3,(H,10,11). The van der Waals surface area contributed by atoms with Crippen LogP contribution < -0.4 is 0 Å². The van der Waals surface area contributed by atoms with Crippen molar-refractivity contribution in [1.82, 2.24) is 4.73 Å². The summed E-state index contributed by atoms with van der Waals surface area (Å²) in [5.74, 6) is -1.26. The summed E-state index contributed by atoms with van der Waals surface area (Å²) < 4.78 is 0.432. The maximum atomic E-state index is 10.5. The van der Waals surface area contributed by atoms with E-state index in [1.165, 1.54) is 6.92 Å². The fraction of sp³-hybridized carbons (Fsp3) is 0.143. The number of rotatable bonds is 2. The summed E-state index contributed by atoms with van der Waals surface area (Å²) in [6.45, 7) is 1.46. The van der Waals surface area contributed by atoms with E-state index in [0.29, 0.717) is 11.0 Å². The van der Waals surface area contributed by atoms with Crippen molar-refractivity contribution in [1.29, 1.82) is 0 Å². The number of carboxylic acids is 1. The van der Waals surface area contributed by atoms with Crippen LogP contribution in [0.5, 0.6) is 0 Å². The third-order valence-corrected chi connectivity index (χ3v) is 1.61. The molecule has 0 aromatic carbocycles. The Balaban J connectivity index is 3.37. The number of carboxylic acid groups (broad SMARTS) is 1. The van der Waals surface area contributed by atoms with Crippen LogP contribution in [0.25, 0.3) is 0 Å². The molecule has 5 nitrogen and oxygen atoms in total. The highest BCUT2D eigenvalue weighted by Crippen LogP contribution is 2.13. The van der Waals surface area contributed by atoms with E-state index in [0.717, 1.165) is 6.20 Å². The van der Waals surface area contributed by atoms with Crippen molar-refractivity contribution in [3.8, 4) is 0 Å². The Kier molecular flexibility index (Phi) is 1.86. The SMILES string of the molecule is Cc1c(C=O)cn(O)c1C(=O)O. The third-order valence-electron chi connectivity index (χ3n) is 1.61. The van der Waals surface area contributed by atoms with Gasteiger partial charge in [-0.2, -0.15) is 4.73 Å². The largest absolute Gasteiger partial charge is 0.476 e. The van der Waals surface area contributed by atoms with Crippen molar-refractivity contribution in [2.24, 2.45) is 0 Å². The van der Waals surface area contributed by atoms with Crippen molar-refractivity contribution < 1.29 is 19.9 Å². The Morgan fingerprint density at radius 3 is 2.50 bits per heavy atom. The van der Waals surface area contributed by atoms with E-state index < -0.39 is 5.97 Å². The minimum Gasteiger partial charge on any atom is -0.476 e. The molecule has 0 saturated heterocycles. The van der Waals surface area contributed by atoms with Crippen molar-refractivity contribution in [2.45, 2.75) is 6.92 Å². The molecule has 0 aliphatic heterocycles. The first kappa shape index (κ1) is 8.32. The Hall–Kier alpha value is -1.78. The number of carbonyl (C=O) groups excluding carboxylic acids is 1. The molecule has 2 N–H and O–H groups in total. The van der Waals surface area contributed by atoms with Gasteiger partial charge in [0, 0.05) is 5.56 Å². The molecule has 0 fully saturated rings. The number of hydrogen-bond acceptors (Lipinski definition) is 3. The second-order valence-electron chi connectivity index (χ2n) is 2.33. The Morgan fingerprint density at radius 1 is 1.67 bits per heavy atom. The lowest BCUT2D eigenvalue weighted by Crippen LogP contribution is -2.05. The molecule has 0 aliphatic carbocycles. The van der Waals surface area contributed by atoms with Gasteiger partial charge in [0.2, 0.25) is 0 Å². The second kappa shape index (κ2) is 2.69. The van der Waals surface area contributed by atoms with Crippen LogP contribution in [0.4, 0.5) is 0 Å². The summed E-state index contributed by atoms with van der Waals surface area (Å²) in [5, 5.41) is 17.5. The molecule has 0 atom stereocenters. The minimum atomic E-state index is -1.26. The molecule has 1 aromatic rings. The van der Waals surface area contributed by atoms with Gasteiger partial charge in [-0.1, -0.05) is 0 Å². The highest BCUT2D eigenvalue weighted by atomic mass is 16.5. The predicted octanol–water partition coefficient (Wildman–Crippen LogP) is 0.545. The number of aromatic nitrogens is 1.